The summed E-state index contributed by atoms with van der Waals surface area (Å²) in [6, 6.07) is 9.96. The highest BCUT2D eigenvalue weighted by Crippen LogP contribution is 2.13. The van der Waals surface area contributed by atoms with Crippen LogP contribution < -0.4 is 10.6 Å². The zero-order valence-corrected chi connectivity index (χ0v) is 18.0. The summed E-state index contributed by atoms with van der Waals surface area (Å²) < 4.78 is 28.9. The third kappa shape index (κ3) is 5.53. The number of rotatable bonds is 5. The number of nitrogens with one attached hydrogen (secondary N) is 2. The van der Waals surface area contributed by atoms with E-state index in [0.29, 0.717) is 24.2 Å². The van der Waals surface area contributed by atoms with Crippen molar-refractivity contribution in [1.82, 2.24) is 15.1 Å². The lowest BCUT2D eigenvalue weighted by atomic mass is 10.1. The van der Waals surface area contributed by atoms with Crippen LogP contribution in [0.2, 0.25) is 0 Å². The fourth-order valence-corrected chi connectivity index (χ4v) is 3.15. The van der Waals surface area contributed by atoms with E-state index in [1.807, 2.05) is 25.6 Å². The molecule has 0 aliphatic carbocycles. The number of hydrogen-bond acceptors (Lipinski definition) is 3. The second-order valence-corrected chi connectivity index (χ2v) is 7.30. The third-order valence-corrected chi connectivity index (χ3v) is 5.06. The van der Waals surface area contributed by atoms with Gasteiger partial charge >= 0.3 is 0 Å². The normalized spacial score (nSPS) is 11.5. The lowest BCUT2D eigenvalue weighted by molar-refractivity contribution is 0.0976. The molecule has 6 nitrogen and oxygen atoms in total. The molecule has 0 atom stereocenters. The maximum atomic E-state index is 13.9. The summed E-state index contributed by atoms with van der Waals surface area (Å²) >= 11 is 0. The topological polar surface area (TPSA) is 71.3 Å². The molecule has 0 aliphatic rings. The van der Waals surface area contributed by atoms with Gasteiger partial charge in [-0.15, -0.1) is 0 Å². The molecule has 1 heterocycles. The van der Waals surface area contributed by atoms with E-state index in [2.05, 4.69) is 20.7 Å². The quantitative estimate of drug-likeness (QED) is 0.478. The second kappa shape index (κ2) is 9.51. The lowest BCUT2D eigenvalue weighted by Gasteiger charge is -2.12. The predicted molar refractivity (Wildman–Crippen MR) is 117 cm³/mol. The molecule has 31 heavy (non-hydrogen) atoms. The molecule has 0 fully saturated rings. The molecule has 0 saturated heterocycles. The number of aromatic nitrogens is 2. The molecule has 0 aliphatic heterocycles. The van der Waals surface area contributed by atoms with Crippen molar-refractivity contribution in [3.05, 3.63) is 82.2 Å². The number of aryl methyl sites for hydroxylation is 3. The molecule has 1 aromatic heterocycles. The molecule has 0 radical (unpaired) electrons. The van der Waals surface area contributed by atoms with Crippen molar-refractivity contribution in [3.8, 4) is 0 Å². The molecule has 0 spiro atoms. The average Bonchev–Trinajstić information content (AvgIpc) is 2.97. The van der Waals surface area contributed by atoms with E-state index >= 15 is 0 Å². The smallest absolute Gasteiger partial charge is 0.258 e. The maximum Gasteiger partial charge on any atom is 0.258 e. The number of carbonyl (C=O) groups is 1. The molecule has 3 rings (SSSR count). The summed E-state index contributed by atoms with van der Waals surface area (Å²) in [5.74, 6) is -1.14. The number of guanidine groups is 1. The molecule has 2 aromatic carbocycles. The van der Waals surface area contributed by atoms with Gasteiger partial charge in [0.25, 0.3) is 5.91 Å². The van der Waals surface area contributed by atoms with Crippen LogP contribution in [-0.2, 0) is 13.5 Å². The van der Waals surface area contributed by atoms with Crippen molar-refractivity contribution in [2.45, 2.75) is 27.2 Å². The Bertz CT molecular complexity index is 1120. The van der Waals surface area contributed by atoms with Gasteiger partial charge in [0, 0.05) is 30.5 Å². The summed E-state index contributed by atoms with van der Waals surface area (Å²) in [6.45, 7) is 5.95. The van der Waals surface area contributed by atoms with Gasteiger partial charge in [0.2, 0.25) is 5.96 Å². The number of anilines is 1. The first-order valence-electron chi connectivity index (χ1n) is 9.88. The van der Waals surface area contributed by atoms with Crippen molar-refractivity contribution in [1.29, 1.82) is 0 Å². The highest BCUT2D eigenvalue weighted by atomic mass is 19.1. The Labute approximate surface area is 180 Å². The zero-order chi connectivity index (χ0) is 22.5. The Balaban J connectivity index is 1.79. The van der Waals surface area contributed by atoms with E-state index in [-0.39, 0.29) is 17.3 Å². The minimum Gasteiger partial charge on any atom is -0.326 e. The van der Waals surface area contributed by atoms with Crippen LogP contribution in [0.3, 0.4) is 0 Å². The Hall–Kier alpha value is -3.55. The van der Waals surface area contributed by atoms with Gasteiger partial charge in [0.05, 0.1) is 5.69 Å². The van der Waals surface area contributed by atoms with Gasteiger partial charge in [0.15, 0.2) is 0 Å². The minimum absolute atomic E-state index is 0.177. The van der Waals surface area contributed by atoms with Crippen LogP contribution in [0.1, 0.15) is 32.9 Å². The number of amides is 1. The van der Waals surface area contributed by atoms with Gasteiger partial charge < -0.3 is 5.32 Å². The van der Waals surface area contributed by atoms with Gasteiger partial charge in [-0.2, -0.15) is 5.10 Å². The fourth-order valence-electron chi connectivity index (χ4n) is 3.15. The molecular weight excluding hydrogens is 400 g/mol. The summed E-state index contributed by atoms with van der Waals surface area (Å²) in [5, 5.41) is 10.1. The molecular formula is C23H25F2N5O. The number of nitrogens with zero attached hydrogens (tertiary/aromatic N) is 3. The van der Waals surface area contributed by atoms with Crippen LogP contribution in [0, 0.1) is 32.4 Å². The molecule has 0 unspecified atom stereocenters. The highest BCUT2D eigenvalue weighted by Gasteiger charge is 2.13. The van der Waals surface area contributed by atoms with Crippen LogP contribution in [-0.4, -0.2) is 28.2 Å². The van der Waals surface area contributed by atoms with Crippen molar-refractivity contribution in [2.24, 2.45) is 12.0 Å². The van der Waals surface area contributed by atoms with Crippen molar-refractivity contribution >= 4 is 17.6 Å². The number of halogens is 2. The monoisotopic (exact) mass is 425 g/mol. The molecule has 0 bridgehead atoms. The molecule has 0 saturated carbocycles. The van der Waals surface area contributed by atoms with Gasteiger partial charge in [-0.3, -0.25) is 19.8 Å². The molecule has 8 heteroatoms. The van der Waals surface area contributed by atoms with E-state index < -0.39 is 11.7 Å². The standard InChI is InChI=1S/C23H25F2N5O/c1-14-5-6-17(13-21(14)25)22(31)28-23(27-19-9-7-18(24)8-10-19)26-12-11-20-15(2)29-30(4)16(20)3/h5-10,13H,11-12H2,1-4H3,(H2,26,27,28,31). The van der Waals surface area contributed by atoms with E-state index in [0.717, 1.165) is 17.0 Å². The van der Waals surface area contributed by atoms with E-state index in [1.54, 1.807) is 19.1 Å². The van der Waals surface area contributed by atoms with Crippen molar-refractivity contribution < 1.29 is 13.6 Å². The third-order valence-electron chi connectivity index (χ3n) is 5.06. The summed E-state index contributed by atoms with van der Waals surface area (Å²) in [5.41, 5.74) is 4.28. The Morgan fingerprint density at radius 2 is 1.81 bits per heavy atom. The summed E-state index contributed by atoms with van der Waals surface area (Å²) in [4.78, 5) is 17.1. The Morgan fingerprint density at radius 3 is 2.42 bits per heavy atom. The van der Waals surface area contributed by atoms with Gasteiger partial charge in [0.1, 0.15) is 11.6 Å². The molecule has 1 amide bonds. The van der Waals surface area contributed by atoms with Gasteiger partial charge in [-0.1, -0.05) is 6.07 Å². The van der Waals surface area contributed by atoms with Gasteiger partial charge in [-0.25, -0.2) is 8.78 Å². The average molecular weight is 425 g/mol. The fraction of sp³-hybridized carbons (Fsp3) is 0.261. The van der Waals surface area contributed by atoms with Crippen LogP contribution in [0.4, 0.5) is 14.5 Å². The van der Waals surface area contributed by atoms with Gasteiger partial charge in [-0.05, 0) is 74.7 Å². The zero-order valence-electron chi connectivity index (χ0n) is 18.0. The van der Waals surface area contributed by atoms with Crippen LogP contribution in [0.15, 0.2) is 47.5 Å². The molecule has 162 valence electrons. The summed E-state index contributed by atoms with van der Waals surface area (Å²) in [6.07, 6.45) is 0.634. The van der Waals surface area contributed by atoms with Crippen molar-refractivity contribution in [2.75, 3.05) is 11.9 Å². The van der Waals surface area contributed by atoms with Crippen LogP contribution in [0.25, 0.3) is 0 Å². The van der Waals surface area contributed by atoms with Crippen LogP contribution >= 0.6 is 0 Å². The number of aliphatic imine (C=N–C) groups is 1. The first-order valence-corrected chi connectivity index (χ1v) is 9.88. The van der Waals surface area contributed by atoms with E-state index in [1.165, 1.54) is 30.3 Å². The number of hydrogen-bond donors (Lipinski definition) is 2. The minimum atomic E-state index is -0.499. The Morgan fingerprint density at radius 1 is 1.10 bits per heavy atom. The first-order chi connectivity index (χ1) is 14.7. The highest BCUT2D eigenvalue weighted by molar-refractivity contribution is 6.09. The molecule has 3 aromatic rings. The Kier molecular flexibility index (Phi) is 6.79. The number of benzene rings is 2. The predicted octanol–water partition coefficient (Wildman–Crippen LogP) is 4.06. The van der Waals surface area contributed by atoms with Crippen LogP contribution in [0.5, 0.6) is 0 Å². The SMILES string of the molecule is Cc1ccc(C(=O)NC(=NCCc2c(C)nn(C)c2C)Nc2ccc(F)cc2)cc1F. The van der Waals surface area contributed by atoms with E-state index in [4.69, 9.17) is 0 Å². The second-order valence-electron chi connectivity index (χ2n) is 7.30. The number of carbonyl (C=O) groups excluding carboxylic acids is 1. The maximum absolute atomic E-state index is 13.9. The lowest BCUT2D eigenvalue weighted by Crippen LogP contribution is -2.36. The summed E-state index contributed by atoms with van der Waals surface area (Å²) in [7, 11) is 1.89. The largest absolute Gasteiger partial charge is 0.326 e. The van der Waals surface area contributed by atoms with Crippen molar-refractivity contribution in [3.63, 3.8) is 0 Å². The molecule has 2 N–H and O–H groups in total. The first kappa shape index (κ1) is 22.1. The van der Waals surface area contributed by atoms with E-state index in [9.17, 15) is 13.6 Å².